The van der Waals surface area contributed by atoms with E-state index in [0.717, 1.165) is 9.80 Å². The minimum Gasteiger partial charge on any atom is -0.481 e. The number of rotatable bonds is 3. The molecule has 0 bridgehead atoms. The van der Waals surface area contributed by atoms with Gasteiger partial charge in [0.2, 0.25) is 5.91 Å². The van der Waals surface area contributed by atoms with Crippen LogP contribution >= 0.6 is 46.4 Å². The Labute approximate surface area is 223 Å². The highest BCUT2D eigenvalue weighted by Gasteiger charge is 2.74. The highest BCUT2D eigenvalue weighted by molar-refractivity contribution is 6.44. The second-order valence-corrected chi connectivity index (χ2v) is 10.8. The monoisotopic (exact) mass is 577 g/mol. The van der Waals surface area contributed by atoms with Crippen molar-refractivity contribution in [2.75, 3.05) is 23.8 Å². The Hall–Kier alpha value is -2.17. The predicted octanol–water partition coefficient (Wildman–Crippen LogP) is 5.15. The number of fused-ring (bicyclic) bond motifs is 4. The molecule has 13 heteroatoms. The summed E-state index contributed by atoms with van der Waals surface area (Å²) in [6, 6.07) is 5.82. The average molecular weight is 579 g/mol. The van der Waals surface area contributed by atoms with Crippen LogP contribution in [0.3, 0.4) is 0 Å². The molecule has 5 rings (SSSR count). The van der Waals surface area contributed by atoms with Gasteiger partial charge < -0.3 is 15.3 Å². The van der Waals surface area contributed by atoms with Crippen LogP contribution < -0.4 is 10.2 Å². The molecule has 2 amide bonds. The minimum absolute atomic E-state index is 0.0393. The van der Waals surface area contributed by atoms with E-state index in [9.17, 15) is 28.3 Å². The van der Waals surface area contributed by atoms with Crippen LogP contribution in [-0.2, 0) is 19.9 Å². The minimum atomic E-state index is -3.27. The topological polar surface area (TPSA) is 90.0 Å². The van der Waals surface area contributed by atoms with Gasteiger partial charge in [0.15, 0.2) is 0 Å². The van der Waals surface area contributed by atoms with E-state index in [-0.39, 0.29) is 37.0 Å². The summed E-state index contributed by atoms with van der Waals surface area (Å²) in [6.45, 7) is -0.912. The lowest BCUT2D eigenvalue weighted by molar-refractivity contribution is -0.153. The van der Waals surface area contributed by atoms with Crippen LogP contribution in [0.1, 0.15) is 12.0 Å². The number of anilines is 2. The summed E-state index contributed by atoms with van der Waals surface area (Å²) in [5, 5.41) is 13.4. The van der Waals surface area contributed by atoms with Crippen LogP contribution in [0, 0.1) is 11.8 Å². The van der Waals surface area contributed by atoms with E-state index in [0.29, 0.717) is 0 Å². The highest BCUT2D eigenvalue weighted by atomic mass is 35.5. The van der Waals surface area contributed by atoms with Gasteiger partial charge in [0.1, 0.15) is 11.5 Å². The zero-order valence-corrected chi connectivity index (χ0v) is 21.4. The van der Waals surface area contributed by atoms with E-state index in [1.807, 2.05) is 0 Å². The van der Waals surface area contributed by atoms with Gasteiger partial charge in [-0.1, -0.05) is 52.5 Å². The van der Waals surface area contributed by atoms with E-state index in [1.165, 1.54) is 37.4 Å². The number of amides is 2. The molecule has 1 spiro atoms. The number of nitrogens with zero attached hydrogens (tertiary/aromatic N) is 2. The number of benzene rings is 2. The van der Waals surface area contributed by atoms with Crippen molar-refractivity contribution < 1.29 is 28.3 Å². The number of carbonyl (C=O) groups is 3. The molecule has 2 aromatic carbocycles. The number of halogens is 6. The standard InChI is InChI=1S/C23H17Cl4F2N3O4/c1-31(11-5-9(24)4-10(25)6-11)19(33)15-14-7-22(28,29)8-32(14)23(16(15)20(34)35)12-2-3-13(26)17(27)18(12)30-21(23)36/h2-6,14-16H,7-8H2,1H3,(H,30,36)(H,34,35)/t14?,15?,16?,23-/m0/s1. The van der Waals surface area contributed by atoms with Gasteiger partial charge in [-0.2, -0.15) is 0 Å². The number of aliphatic carboxylic acids is 1. The van der Waals surface area contributed by atoms with Crippen LogP contribution in [-0.4, -0.2) is 53.3 Å². The van der Waals surface area contributed by atoms with Crippen molar-refractivity contribution in [3.05, 3.63) is 56.0 Å². The molecule has 36 heavy (non-hydrogen) atoms. The average Bonchev–Trinajstić information content (AvgIpc) is 3.35. The number of nitrogens with one attached hydrogen (secondary N) is 1. The maximum atomic E-state index is 14.8. The second kappa shape index (κ2) is 8.43. The van der Waals surface area contributed by atoms with Crippen molar-refractivity contribution in [2.24, 2.45) is 11.8 Å². The lowest BCUT2D eigenvalue weighted by Crippen LogP contribution is -2.54. The summed E-state index contributed by atoms with van der Waals surface area (Å²) in [5.74, 6) is -9.60. The Morgan fingerprint density at radius 1 is 1.14 bits per heavy atom. The maximum absolute atomic E-state index is 14.8. The molecular weight excluding hydrogens is 562 g/mol. The summed E-state index contributed by atoms with van der Waals surface area (Å²) >= 11 is 24.5. The molecule has 3 aliphatic rings. The molecule has 2 saturated heterocycles. The molecule has 0 aromatic heterocycles. The van der Waals surface area contributed by atoms with Gasteiger partial charge in [0.25, 0.3) is 11.8 Å². The van der Waals surface area contributed by atoms with Crippen molar-refractivity contribution in [3.63, 3.8) is 0 Å². The summed E-state index contributed by atoms with van der Waals surface area (Å²) < 4.78 is 29.6. The number of carboxylic acids is 1. The Bertz CT molecular complexity index is 1320. The van der Waals surface area contributed by atoms with Gasteiger partial charge in [0, 0.05) is 40.8 Å². The molecule has 0 radical (unpaired) electrons. The van der Waals surface area contributed by atoms with Gasteiger partial charge in [-0.05, 0) is 24.3 Å². The van der Waals surface area contributed by atoms with Crippen molar-refractivity contribution >= 4 is 75.6 Å². The van der Waals surface area contributed by atoms with E-state index < -0.39 is 60.1 Å². The first-order chi connectivity index (χ1) is 16.8. The first-order valence-electron chi connectivity index (χ1n) is 10.7. The number of hydrogen-bond acceptors (Lipinski definition) is 4. The summed E-state index contributed by atoms with van der Waals surface area (Å²) in [7, 11) is 1.37. The van der Waals surface area contributed by atoms with E-state index in [4.69, 9.17) is 46.4 Å². The van der Waals surface area contributed by atoms with Crippen LogP contribution in [0.2, 0.25) is 20.1 Å². The summed E-state index contributed by atoms with van der Waals surface area (Å²) in [6.07, 6.45) is -0.803. The molecule has 190 valence electrons. The van der Waals surface area contributed by atoms with E-state index >= 15 is 0 Å². The Balaban J connectivity index is 1.70. The fourth-order valence-electron chi connectivity index (χ4n) is 5.85. The van der Waals surface area contributed by atoms with Crippen LogP contribution in [0.25, 0.3) is 0 Å². The van der Waals surface area contributed by atoms with Crippen LogP contribution in [0.4, 0.5) is 20.2 Å². The van der Waals surface area contributed by atoms with Crippen molar-refractivity contribution in [2.45, 2.75) is 23.9 Å². The first-order valence-corrected chi connectivity index (χ1v) is 12.2. The third kappa shape index (κ3) is 3.51. The zero-order chi connectivity index (χ0) is 26.3. The molecule has 4 atom stereocenters. The van der Waals surface area contributed by atoms with Gasteiger partial charge >= 0.3 is 5.97 Å². The maximum Gasteiger partial charge on any atom is 0.310 e. The van der Waals surface area contributed by atoms with Gasteiger partial charge in [0.05, 0.1) is 28.2 Å². The fraction of sp³-hybridized carbons (Fsp3) is 0.348. The smallest absolute Gasteiger partial charge is 0.310 e. The molecule has 2 aromatic rings. The summed E-state index contributed by atoms with van der Waals surface area (Å²) in [4.78, 5) is 42.4. The normalized spacial score (nSPS) is 28.2. The van der Waals surface area contributed by atoms with Crippen molar-refractivity contribution in [1.29, 1.82) is 0 Å². The van der Waals surface area contributed by atoms with Crippen LogP contribution in [0.15, 0.2) is 30.3 Å². The molecule has 7 nitrogen and oxygen atoms in total. The van der Waals surface area contributed by atoms with E-state index in [1.54, 1.807) is 0 Å². The lowest BCUT2D eigenvalue weighted by Gasteiger charge is -2.36. The number of hydrogen-bond donors (Lipinski definition) is 2. The van der Waals surface area contributed by atoms with E-state index in [2.05, 4.69) is 5.32 Å². The first kappa shape index (κ1) is 25.5. The molecule has 2 N–H and O–H groups in total. The Morgan fingerprint density at radius 2 is 1.78 bits per heavy atom. The molecule has 3 aliphatic heterocycles. The third-order valence-electron chi connectivity index (χ3n) is 7.19. The lowest BCUT2D eigenvalue weighted by atomic mass is 9.73. The molecule has 0 aliphatic carbocycles. The predicted molar refractivity (Wildman–Crippen MR) is 131 cm³/mol. The van der Waals surface area contributed by atoms with Gasteiger partial charge in [-0.3, -0.25) is 19.3 Å². The molecule has 2 fully saturated rings. The molecule has 3 unspecified atom stereocenters. The van der Waals surface area contributed by atoms with Crippen molar-refractivity contribution in [1.82, 2.24) is 4.90 Å². The summed E-state index contributed by atoms with van der Waals surface area (Å²) in [5.41, 5.74) is -1.74. The Morgan fingerprint density at radius 3 is 2.39 bits per heavy atom. The SMILES string of the molecule is CN(C(=O)C1C2CC(F)(F)CN2[C@]2(C(=O)Nc3c2ccc(Cl)c3Cl)C1C(=O)O)c1cc(Cl)cc(Cl)c1. The third-order valence-corrected chi connectivity index (χ3v) is 8.43. The Kier molecular flexibility index (Phi) is 5.96. The largest absolute Gasteiger partial charge is 0.481 e. The molecular formula is C23H17Cl4F2N3O4. The number of alkyl halides is 2. The highest BCUT2D eigenvalue weighted by Crippen LogP contribution is 2.61. The molecule has 3 heterocycles. The number of carbonyl (C=O) groups excluding carboxylic acids is 2. The van der Waals surface area contributed by atoms with Crippen molar-refractivity contribution in [3.8, 4) is 0 Å². The van der Waals surface area contributed by atoms with Gasteiger partial charge in [-0.25, -0.2) is 8.78 Å². The second-order valence-electron chi connectivity index (χ2n) is 9.13. The number of carboxylic acid groups (broad SMARTS) is 1. The fourth-order valence-corrected chi connectivity index (χ4v) is 6.74. The quantitative estimate of drug-likeness (QED) is 0.526. The van der Waals surface area contributed by atoms with Gasteiger partial charge in [-0.15, -0.1) is 0 Å². The molecule has 0 saturated carbocycles. The zero-order valence-electron chi connectivity index (χ0n) is 18.4. The van der Waals surface area contributed by atoms with Crippen LogP contribution in [0.5, 0.6) is 0 Å².